The second-order valence-corrected chi connectivity index (χ2v) is 4.74. The molecule has 0 saturated carbocycles. The van der Waals surface area contributed by atoms with Gasteiger partial charge in [-0.2, -0.15) is 0 Å². The van der Waals surface area contributed by atoms with Gasteiger partial charge >= 0.3 is 0 Å². The zero-order valence-electron chi connectivity index (χ0n) is 9.80. The molecular formula is C11H23NO2. The van der Waals surface area contributed by atoms with Crippen molar-refractivity contribution >= 4 is 0 Å². The van der Waals surface area contributed by atoms with Crippen LogP contribution < -0.4 is 5.32 Å². The summed E-state index contributed by atoms with van der Waals surface area (Å²) in [6, 6.07) is 0. The molecule has 1 aliphatic heterocycles. The highest BCUT2D eigenvalue weighted by molar-refractivity contribution is 4.76. The highest BCUT2D eigenvalue weighted by Crippen LogP contribution is 2.18. The molecular weight excluding hydrogens is 178 g/mol. The average molecular weight is 201 g/mol. The molecule has 84 valence electrons. The summed E-state index contributed by atoms with van der Waals surface area (Å²) < 4.78 is 11.0. The summed E-state index contributed by atoms with van der Waals surface area (Å²) in [7, 11) is 1.75. The van der Waals surface area contributed by atoms with Crippen LogP contribution in [0, 0.1) is 0 Å². The van der Waals surface area contributed by atoms with E-state index in [0.29, 0.717) is 12.2 Å². The van der Waals surface area contributed by atoms with Crippen LogP contribution in [0.5, 0.6) is 0 Å². The summed E-state index contributed by atoms with van der Waals surface area (Å²) in [5.74, 6) is 0. The molecule has 0 aromatic rings. The van der Waals surface area contributed by atoms with Crippen molar-refractivity contribution in [2.24, 2.45) is 0 Å². The number of hydrogen-bond donors (Lipinski definition) is 1. The van der Waals surface area contributed by atoms with Crippen LogP contribution in [0.1, 0.15) is 33.6 Å². The first kappa shape index (κ1) is 12.0. The highest BCUT2D eigenvalue weighted by atomic mass is 16.5. The van der Waals surface area contributed by atoms with Crippen LogP contribution in [0.25, 0.3) is 0 Å². The van der Waals surface area contributed by atoms with Gasteiger partial charge in [-0.15, -0.1) is 0 Å². The van der Waals surface area contributed by atoms with Gasteiger partial charge in [-0.1, -0.05) is 0 Å². The standard InChI is InChI=1S/C11H23NO2/c1-9-5-6-10(14-9)7-12-8-11(2,3)13-4/h9-10,12H,5-8H2,1-4H3. The number of hydrogen-bond acceptors (Lipinski definition) is 3. The zero-order chi connectivity index (χ0) is 10.6. The van der Waals surface area contributed by atoms with Gasteiger partial charge in [0, 0.05) is 20.2 Å². The average Bonchev–Trinajstić information content (AvgIpc) is 2.51. The van der Waals surface area contributed by atoms with Crippen molar-refractivity contribution in [3.05, 3.63) is 0 Å². The van der Waals surface area contributed by atoms with Crippen LogP contribution in [0.15, 0.2) is 0 Å². The fourth-order valence-electron chi connectivity index (χ4n) is 1.64. The van der Waals surface area contributed by atoms with E-state index in [2.05, 4.69) is 26.1 Å². The normalized spacial score (nSPS) is 28.3. The van der Waals surface area contributed by atoms with Crippen molar-refractivity contribution in [3.63, 3.8) is 0 Å². The first-order valence-corrected chi connectivity index (χ1v) is 5.45. The topological polar surface area (TPSA) is 30.5 Å². The smallest absolute Gasteiger partial charge is 0.0746 e. The predicted molar refractivity (Wildman–Crippen MR) is 57.5 cm³/mol. The molecule has 1 N–H and O–H groups in total. The van der Waals surface area contributed by atoms with Crippen LogP contribution in [0.4, 0.5) is 0 Å². The molecule has 14 heavy (non-hydrogen) atoms. The molecule has 0 aromatic carbocycles. The second kappa shape index (κ2) is 5.10. The predicted octanol–water partition coefficient (Wildman–Crippen LogP) is 1.57. The van der Waals surface area contributed by atoms with Gasteiger partial charge in [0.1, 0.15) is 0 Å². The fraction of sp³-hybridized carbons (Fsp3) is 1.00. The third kappa shape index (κ3) is 3.95. The molecule has 1 aliphatic rings. The number of methoxy groups -OCH3 is 1. The van der Waals surface area contributed by atoms with Crippen molar-refractivity contribution in [1.29, 1.82) is 0 Å². The fourth-order valence-corrected chi connectivity index (χ4v) is 1.64. The second-order valence-electron chi connectivity index (χ2n) is 4.74. The SMILES string of the molecule is COC(C)(C)CNCC1CCC(C)O1. The van der Waals surface area contributed by atoms with Crippen molar-refractivity contribution in [3.8, 4) is 0 Å². The first-order valence-electron chi connectivity index (χ1n) is 5.45. The molecule has 2 unspecified atom stereocenters. The van der Waals surface area contributed by atoms with Crippen LogP contribution in [-0.4, -0.2) is 38.0 Å². The minimum atomic E-state index is -0.0791. The lowest BCUT2D eigenvalue weighted by molar-refractivity contribution is 0.0156. The molecule has 3 nitrogen and oxygen atoms in total. The Labute approximate surface area is 87.2 Å². The van der Waals surface area contributed by atoms with E-state index in [-0.39, 0.29) is 5.60 Å². The summed E-state index contributed by atoms with van der Waals surface area (Å²) in [5.41, 5.74) is -0.0791. The Morgan fingerprint density at radius 2 is 2.14 bits per heavy atom. The minimum absolute atomic E-state index is 0.0791. The minimum Gasteiger partial charge on any atom is -0.377 e. The Morgan fingerprint density at radius 3 is 2.64 bits per heavy atom. The molecule has 1 saturated heterocycles. The maximum absolute atomic E-state index is 5.71. The summed E-state index contributed by atoms with van der Waals surface area (Å²) in [6.45, 7) is 8.12. The summed E-state index contributed by atoms with van der Waals surface area (Å²) in [4.78, 5) is 0. The number of rotatable bonds is 5. The Kier molecular flexibility index (Phi) is 4.35. The molecule has 3 heteroatoms. The van der Waals surface area contributed by atoms with E-state index in [9.17, 15) is 0 Å². The van der Waals surface area contributed by atoms with Gasteiger partial charge in [0.25, 0.3) is 0 Å². The maximum atomic E-state index is 5.71. The van der Waals surface area contributed by atoms with Gasteiger partial charge < -0.3 is 14.8 Å². The summed E-state index contributed by atoms with van der Waals surface area (Å²) in [6.07, 6.45) is 3.22. The molecule has 1 heterocycles. The molecule has 1 rings (SSSR count). The largest absolute Gasteiger partial charge is 0.377 e. The maximum Gasteiger partial charge on any atom is 0.0746 e. The Bertz CT molecular complexity index is 171. The molecule has 0 spiro atoms. The zero-order valence-corrected chi connectivity index (χ0v) is 9.80. The van der Waals surface area contributed by atoms with E-state index in [0.717, 1.165) is 13.1 Å². The summed E-state index contributed by atoms with van der Waals surface area (Å²) >= 11 is 0. The number of ether oxygens (including phenoxy) is 2. The highest BCUT2D eigenvalue weighted by Gasteiger charge is 2.22. The van der Waals surface area contributed by atoms with Crippen LogP contribution in [0.2, 0.25) is 0 Å². The van der Waals surface area contributed by atoms with Crippen LogP contribution >= 0.6 is 0 Å². The lowest BCUT2D eigenvalue weighted by Crippen LogP contribution is -2.39. The van der Waals surface area contributed by atoms with Crippen molar-refractivity contribution in [1.82, 2.24) is 5.32 Å². The molecule has 0 bridgehead atoms. The quantitative estimate of drug-likeness (QED) is 0.732. The summed E-state index contributed by atoms with van der Waals surface area (Å²) in [5, 5.41) is 3.39. The molecule has 2 atom stereocenters. The van der Waals surface area contributed by atoms with Gasteiger partial charge in [0.15, 0.2) is 0 Å². The lowest BCUT2D eigenvalue weighted by Gasteiger charge is -2.24. The van der Waals surface area contributed by atoms with E-state index >= 15 is 0 Å². The molecule has 0 radical (unpaired) electrons. The van der Waals surface area contributed by atoms with Gasteiger partial charge in [-0.25, -0.2) is 0 Å². The van der Waals surface area contributed by atoms with Gasteiger partial charge in [0.05, 0.1) is 17.8 Å². The first-order chi connectivity index (χ1) is 6.53. The monoisotopic (exact) mass is 201 g/mol. The van der Waals surface area contributed by atoms with E-state index < -0.39 is 0 Å². The van der Waals surface area contributed by atoms with Crippen molar-refractivity contribution in [2.75, 3.05) is 20.2 Å². The van der Waals surface area contributed by atoms with E-state index in [1.54, 1.807) is 7.11 Å². The van der Waals surface area contributed by atoms with Gasteiger partial charge in [-0.3, -0.25) is 0 Å². The van der Waals surface area contributed by atoms with Crippen LogP contribution in [0.3, 0.4) is 0 Å². The third-order valence-corrected chi connectivity index (χ3v) is 2.80. The van der Waals surface area contributed by atoms with E-state index in [4.69, 9.17) is 9.47 Å². The molecule has 0 amide bonds. The Balaban J connectivity index is 2.10. The third-order valence-electron chi connectivity index (χ3n) is 2.80. The lowest BCUT2D eigenvalue weighted by atomic mass is 10.1. The van der Waals surface area contributed by atoms with E-state index in [1.165, 1.54) is 12.8 Å². The molecule has 0 aromatic heterocycles. The van der Waals surface area contributed by atoms with Gasteiger partial charge in [0.2, 0.25) is 0 Å². The van der Waals surface area contributed by atoms with Gasteiger partial charge in [-0.05, 0) is 33.6 Å². The molecule has 1 fully saturated rings. The Hall–Kier alpha value is -0.120. The van der Waals surface area contributed by atoms with Crippen LogP contribution in [-0.2, 0) is 9.47 Å². The Morgan fingerprint density at radius 1 is 1.43 bits per heavy atom. The van der Waals surface area contributed by atoms with E-state index in [1.807, 2.05) is 0 Å². The van der Waals surface area contributed by atoms with Crippen molar-refractivity contribution in [2.45, 2.75) is 51.4 Å². The molecule has 0 aliphatic carbocycles. The number of nitrogens with one attached hydrogen (secondary N) is 1. The van der Waals surface area contributed by atoms with Crippen molar-refractivity contribution < 1.29 is 9.47 Å².